The Kier molecular flexibility index (Phi) is 5.63. The molecule has 1 aromatic rings. The van der Waals surface area contributed by atoms with Gasteiger partial charge in [0.2, 0.25) is 0 Å². The van der Waals surface area contributed by atoms with E-state index in [1.54, 1.807) is 14.0 Å². The average Bonchev–Trinajstić information content (AvgIpc) is 2.33. The van der Waals surface area contributed by atoms with E-state index in [4.69, 9.17) is 16.3 Å². The van der Waals surface area contributed by atoms with Gasteiger partial charge in [0.05, 0.1) is 7.11 Å². The number of carbonyl (C=O) groups is 1. The molecule has 0 aliphatic carbocycles. The Morgan fingerprint density at radius 2 is 2.17 bits per heavy atom. The van der Waals surface area contributed by atoms with E-state index in [9.17, 15) is 4.79 Å². The lowest BCUT2D eigenvalue weighted by Gasteiger charge is -2.20. The summed E-state index contributed by atoms with van der Waals surface area (Å²) in [4.78, 5) is 11.1. The lowest BCUT2D eigenvalue weighted by molar-refractivity contribution is -0.117. The van der Waals surface area contributed by atoms with Crippen molar-refractivity contribution in [1.29, 1.82) is 0 Å². The maximum absolute atomic E-state index is 11.1. The molecule has 0 aliphatic heterocycles. The fourth-order valence-corrected chi connectivity index (χ4v) is 2.09. The van der Waals surface area contributed by atoms with Crippen LogP contribution in [-0.4, -0.2) is 19.9 Å². The molecule has 1 N–H and O–H groups in total. The molecule has 0 aliphatic rings. The molecule has 0 radical (unpaired) electrons. The van der Waals surface area contributed by atoms with Gasteiger partial charge in [-0.3, -0.25) is 0 Å². The van der Waals surface area contributed by atoms with Crippen LogP contribution in [0.2, 0.25) is 5.02 Å². The van der Waals surface area contributed by atoms with E-state index < -0.39 is 0 Å². The fraction of sp³-hybridized carbons (Fsp3) is 0.500. The number of benzene rings is 1. The average molecular weight is 270 g/mol. The number of aryl methyl sites for hydroxylation is 1. The number of nitrogens with one attached hydrogen (secondary N) is 1. The minimum Gasteiger partial charge on any atom is -0.496 e. The molecule has 0 fully saturated rings. The summed E-state index contributed by atoms with van der Waals surface area (Å²) in [5.74, 6) is 0.993. The number of Topliss-reactive ketones (excluding diaryl/α,β-unsaturated/α-hetero) is 1. The normalized spacial score (nSPS) is 12.3. The van der Waals surface area contributed by atoms with E-state index in [0.717, 1.165) is 23.3 Å². The highest BCUT2D eigenvalue weighted by atomic mass is 35.5. The number of ketones is 1. The Morgan fingerprint density at radius 1 is 1.50 bits per heavy atom. The molecule has 1 atom stereocenters. The summed E-state index contributed by atoms with van der Waals surface area (Å²) < 4.78 is 5.39. The van der Waals surface area contributed by atoms with Gasteiger partial charge in [-0.2, -0.15) is 0 Å². The summed E-state index contributed by atoms with van der Waals surface area (Å²) in [5.41, 5.74) is 1.98. The number of hydrogen-bond donors (Lipinski definition) is 1. The van der Waals surface area contributed by atoms with Gasteiger partial charge < -0.3 is 14.8 Å². The summed E-state index contributed by atoms with van der Waals surface area (Å²) in [5, 5.41) is 3.92. The zero-order valence-electron chi connectivity index (χ0n) is 11.3. The van der Waals surface area contributed by atoms with Crippen LogP contribution in [0, 0.1) is 6.92 Å². The number of methoxy groups -OCH3 is 1. The quantitative estimate of drug-likeness (QED) is 0.861. The minimum absolute atomic E-state index is 0.0712. The number of ether oxygens (including phenoxy) is 1. The van der Waals surface area contributed by atoms with Gasteiger partial charge in [0.25, 0.3) is 0 Å². The largest absolute Gasteiger partial charge is 0.496 e. The molecule has 18 heavy (non-hydrogen) atoms. The maximum Gasteiger partial charge on any atom is 0.129 e. The smallest absolute Gasteiger partial charge is 0.129 e. The number of hydrogen-bond acceptors (Lipinski definition) is 3. The predicted octanol–water partition coefficient (Wildman–Crippen LogP) is 3.29. The van der Waals surface area contributed by atoms with Crippen molar-refractivity contribution in [2.75, 3.05) is 14.2 Å². The maximum atomic E-state index is 11.1. The second-order valence-corrected chi connectivity index (χ2v) is 4.83. The molecule has 0 saturated heterocycles. The number of carbonyl (C=O) groups excluding carboxylic acids is 1. The summed E-state index contributed by atoms with van der Waals surface area (Å²) >= 11 is 6.16. The first-order valence-electron chi connectivity index (χ1n) is 6.00. The SMILES string of the molecule is CNC(CCC(C)=O)c1cc(Cl)c(C)cc1OC. The summed E-state index contributed by atoms with van der Waals surface area (Å²) in [6.07, 6.45) is 1.28. The Labute approximate surface area is 113 Å². The van der Waals surface area contributed by atoms with Crippen LogP contribution in [0.3, 0.4) is 0 Å². The van der Waals surface area contributed by atoms with Gasteiger partial charge in [0.1, 0.15) is 11.5 Å². The van der Waals surface area contributed by atoms with Crippen LogP contribution in [0.5, 0.6) is 5.75 Å². The molecule has 1 rings (SSSR count). The topological polar surface area (TPSA) is 38.3 Å². The minimum atomic E-state index is 0.0712. The van der Waals surface area contributed by atoms with Crippen LogP contribution in [0.1, 0.15) is 36.9 Å². The zero-order valence-corrected chi connectivity index (χ0v) is 12.1. The number of rotatable bonds is 6. The molecular weight excluding hydrogens is 250 g/mol. The molecule has 3 nitrogen and oxygen atoms in total. The summed E-state index contributed by atoms with van der Waals surface area (Å²) in [6, 6.07) is 3.91. The van der Waals surface area contributed by atoms with Crippen LogP contribution in [0.25, 0.3) is 0 Å². The van der Waals surface area contributed by atoms with Crippen LogP contribution >= 0.6 is 11.6 Å². The van der Waals surface area contributed by atoms with Crippen molar-refractivity contribution < 1.29 is 9.53 Å². The highest BCUT2D eigenvalue weighted by molar-refractivity contribution is 6.31. The van der Waals surface area contributed by atoms with Gasteiger partial charge in [-0.15, -0.1) is 0 Å². The third-order valence-electron chi connectivity index (χ3n) is 3.02. The number of halogens is 1. The van der Waals surface area contributed by atoms with Gasteiger partial charge in [-0.05, 0) is 45.0 Å². The van der Waals surface area contributed by atoms with E-state index >= 15 is 0 Å². The molecule has 0 spiro atoms. The van der Waals surface area contributed by atoms with Crippen LogP contribution in [0.15, 0.2) is 12.1 Å². The van der Waals surface area contributed by atoms with Gasteiger partial charge in [0, 0.05) is 23.0 Å². The molecule has 0 saturated carbocycles. The van der Waals surface area contributed by atoms with Crippen LogP contribution < -0.4 is 10.1 Å². The van der Waals surface area contributed by atoms with Gasteiger partial charge in [-0.25, -0.2) is 0 Å². The zero-order chi connectivity index (χ0) is 13.7. The van der Waals surface area contributed by atoms with E-state index in [1.165, 1.54) is 0 Å². The predicted molar refractivity (Wildman–Crippen MR) is 74.5 cm³/mol. The molecule has 1 unspecified atom stereocenters. The molecule has 0 amide bonds. The monoisotopic (exact) mass is 269 g/mol. The molecule has 0 bridgehead atoms. The van der Waals surface area contributed by atoms with Crippen molar-refractivity contribution in [3.8, 4) is 5.75 Å². The Balaban J connectivity index is 3.03. The van der Waals surface area contributed by atoms with Gasteiger partial charge in [0.15, 0.2) is 0 Å². The first kappa shape index (κ1) is 15.0. The van der Waals surface area contributed by atoms with Crippen LogP contribution in [0.4, 0.5) is 0 Å². The molecule has 0 aromatic heterocycles. The second-order valence-electron chi connectivity index (χ2n) is 4.43. The Bertz CT molecular complexity index is 432. The van der Waals surface area contributed by atoms with Crippen molar-refractivity contribution in [2.24, 2.45) is 0 Å². The lowest BCUT2D eigenvalue weighted by atomic mass is 9.98. The third kappa shape index (κ3) is 3.72. The van der Waals surface area contributed by atoms with E-state index in [0.29, 0.717) is 11.4 Å². The third-order valence-corrected chi connectivity index (χ3v) is 3.43. The van der Waals surface area contributed by atoms with E-state index in [2.05, 4.69) is 5.32 Å². The molecule has 4 heteroatoms. The molecule has 0 heterocycles. The van der Waals surface area contributed by atoms with E-state index in [-0.39, 0.29) is 11.8 Å². The van der Waals surface area contributed by atoms with Crippen molar-refractivity contribution in [1.82, 2.24) is 5.32 Å². The van der Waals surface area contributed by atoms with Crippen molar-refractivity contribution in [3.63, 3.8) is 0 Å². The Hall–Kier alpha value is -1.06. The van der Waals surface area contributed by atoms with Gasteiger partial charge >= 0.3 is 0 Å². The second kappa shape index (κ2) is 6.76. The standard InChI is InChI=1S/C14H20ClNO2/c1-9-7-14(18-4)11(8-12(9)15)13(16-3)6-5-10(2)17/h7-8,13,16H,5-6H2,1-4H3. The highest BCUT2D eigenvalue weighted by Crippen LogP contribution is 2.32. The lowest BCUT2D eigenvalue weighted by Crippen LogP contribution is -2.18. The van der Waals surface area contributed by atoms with Crippen molar-refractivity contribution in [3.05, 3.63) is 28.3 Å². The molecule has 100 valence electrons. The van der Waals surface area contributed by atoms with E-state index in [1.807, 2.05) is 26.1 Å². The van der Waals surface area contributed by atoms with Crippen molar-refractivity contribution >= 4 is 17.4 Å². The molecule has 1 aromatic carbocycles. The van der Waals surface area contributed by atoms with Crippen LogP contribution in [-0.2, 0) is 4.79 Å². The highest BCUT2D eigenvalue weighted by Gasteiger charge is 2.16. The first-order valence-corrected chi connectivity index (χ1v) is 6.38. The summed E-state index contributed by atoms with van der Waals surface area (Å²) in [6.45, 7) is 3.55. The first-order chi connectivity index (χ1) is 8.49. The fourth-order valence-electron chi connectivity index (χ4n) is 1.92. The van der Waals surface area contributed by atoms with Gasteiger partial charge in [-0.1, -0.05) is 11.6 Å². The summed E-state index contributed by atoms with van der Waals surface area (Å²) in [7, 11) is 3.52. The van der Waals surface area contributed by atoms with Crippen molar-refractivity contribution in [2.45, 2.75) is 32.7 Å². The Morgan fingerprint density at radius 3 is 2.67 bits per heavy atom. The molecular formula is C14H20ClNO2.